The second-order valence-electron chi connectivity index (χ2n) is 19.2. The number of nitrogens with one attached hydrogen (secondary N) is 1. The molecule has 4 amide bonds. The Morgan fingerprint density at radius 1 is 0.833 bits per heavy atom. The van der Waals surface area contributed by atoms with Crippen LogP contribution < -0.4 is 19.9 Å². The number of rotatable bonds is 11. The lowest BCUT2D eigenvalue weighted by molar-refractivity contribution is -0.136. The number of anilines is 2. The largest absolute Gasteiger partial charge is 0.484 e. The van der Waals surface area contributed by atoms with Gasteiger partial charge in [-0.2, -0.15) is 5.26 Å². The fraction of sp³-hybridized carbons (Fsp3) is 0.471. The summed E-state index contributed by atoms with van der Waals surface area (Å²) < 4.78 is 21.9. The van der Waals surface area contributed by atoms with E-state index in [2.05, 4.69) is 52.2 Å². The zero-order valence-electron chi connectivity index (χ0n) is 37.8. The maximum Gasteiger partial charge on any atom is 0.262 e. The minimum absolute atomic E-state index is 0.0292. The topological polar surface area (TPSA) is 152 Å². The molecule has 13 nitrogen and oxygen atoms in total. The van der Waals surface area contributed by atoms with E-state index in [4.69, 9.17) is 21.3 Å². The second kappa shape index (κ2) is 18.8. The molecule has 5 aliphatic heterocycles. The Kier molecular flexibility index (Phi) is 12.9. The van der Waals surface area contributed by atoms with E-state index in [0.717, 1.165) is 111 Å². The molecule has 344 valence electrons. The summed E-state index contributed by atoms with van der Waals surface area (Å²) in [5.74, 6) is 0.280. The molecule has 4 fully saturated rings. The summed E-state index contributed by atoms with van der Waals surface area (Å²) in [5, 5.41) is 12.2. The molecule has 6 heterocycles. The standard InChI is InChI=1S/C51H56ClFN8O5/c1-31(66-39-6-4-36(5-7-39)51(2,3)37-24-33(29-54)25-38(52)26-37)43-10-17-55-50(56-43)60-20-11-32(12-21-60)30-58-18-13-34(14-19-58)35-15-22-59(23-16-35)45-28-41-40(27-42(45)53)48(64)61(49(41)65)44-8-9-46(62)57-47(44)63/h4-7,10,17,24-28,31-32,34-35,44H,8-9,11-16,18-23,30H2,1-3H3,(H,57,62,63). The van der Waals surface area contributed by atoms with Gasteiger partial charge in [-0.25, -0.2) is 14.4 Å². The molecule has 1 N–H and O–H groups in total. The van der Waals surface area contributed by atoms with Crippen LogP contribution in [-0.4, -0.2) is 95.3 Å². The third kappa shape index (κ3) is 9.25. The summed E-state index contributed by atoms with van der Waals surface area (Å²) in [6.45, 7) is 12.7. The van der Waals surface area contributed by atoms with E-state index >= 15 is 4.39 Å². The molecule has 2 atom stereocenters. The Labute approximate surface area is 390 Å². The van der Waals surface area contributed by atoms with Crippen LogP contribution in [0.4, 0.5) is 16.0 Å². The first-order valence-corrected chi connectivity index (χ1v) is 23.7. The fourth-order valence-corrected chi connectivity index (χ4v) is 11.0. The third-order valence-electron chi connectivity index (χ3n) is 14.8. The van der Waals surface area contributed by atoms with Crippen LogP contribution in [0.2, 0.25) is 5.02 Å². The molecular weight excluding hydrogens is 859 g/mol. The van der Waals surface area contributed by atoms with Gasteiger partial charge in [0.25, 0.3) is 11.8 Å². The Balaban J connectivity index is 0.714. The van der Waals surface area contributed by atoms with Crippen molar-refractivity contribution >= 4 is 46.9 Å². The van der Waals surface area contributed by atoms with E-state index in [9.17, 15) is 24.4 Å². The van der Waals surface area contributed by atoms with Crippen molar-refractivity contribution in [3.63, 3.8) is 0 Å². The van der Waals surface area contributed by atoms with E-state index in [1.807, 2.05) is 48.4 Å². The highest BCUT2D eigenvalue weighted by atomic mass is 35.5. The molecule has 0 bridgehead atoms. The molecule has 66 heavy (non-hydrogen) atoms. The number of fused-ring (bicyclic) bond motifs is 1. The van der Waals surface area contributed by atoms with Crippen LogP contribution in [-0.2, 0) is 15.0 Å². The number of benzene rings is 3. The predicted molar refractivity (Wildman–Crippen MR) is 248 cm³/mol. The van der Waals surface area contributed by atoms with Crippen LogP contribution in [0.15, 0.2) is 66.9 Å². The van der Waals surface area contributed by atoms with Crippen molar-refractivity contribution in [2.45, 2.75) is 89.7 Å². The van der Waals surface area contributed by atoms with E-state index in [1.54, 1.807) is 6.07 Å². The zero-order valence-corrected chi connectivity index (χ0v) is 38.5. The van der Waals surface area contributed by atoms with E-state index in [-0.39, 0.29) is 35.5 Å². The van der Waals surface area contributed by atoms with Crippen molar-refractivity contribution in [3.05, 3.63) is 111 Å². The number of likely N-dealkylation sites (tertiary alicyclic amines) is 1. The number of nitriles is 1. The van der Waals surface area contributed by atoms with Gasteiger partial charge in [-0.15, -0.1) is 0 Å². The minimum atomic E-state index is -1.08. The number of hydrogen-bond donors (Lipinski definition) is 1. The number of carbonyl (C=O) groups excluding carboxylic acids is 4. The summed E-state index contributed by atoms with van der Waals surface area (Å²) in [6, 6.07) is 19.2. The summed E-state index contributed by atoms with van der Waals surface area (Å²) in [4.78, 5) is 68.1. The predicted octanol–water partition coefficient (Wildman–Crippen LogP) is 7.85. The smallest absolute Gasteiger partial charge is 0.262 e. The molecule has 0 radical (unpaired) electrons. The summed E-state index contributed by atoms with van der Waals surface area (Å²) >= 11 is 6.32. The number of imide groups is 2. The van der Waals surface area contributed by atoms with Gasteiger partial charge >= 0.3 is 0 Å². The highest BCUT2D eigenvalue weighted by molar-refractivity contribution is 6.30. The fourth-order valence-electron chi connectivity index (χ4n) is 10.8. The average Bonchev–Trinajstić information content (AvgIpc) is 3.56. The molecule has 4 aromatic rings. The molecule has 9 rings (SSSR count). The van der Waals surface area contributed by atoms with E-state index < -0.39 is 35.5 Å². The van der Waals surface area contributed by atoms with Gasteiger partial charge < -0.3 is 19.4 Å². The summed E-state index contributed by atoms with van der Waals surface area (Å²) in [7, 11) is 0. The van der Waals surface area contributed by atoms with Crippen molar-refractivity contribution in [2.75, 3.05) is 55.6 Å². The highest BCUT2D eigenvalue weighted by Gasteiger charge is 2.45. The van der Waals surface area contributed by atoms with Gasteiger partial charge in [-0.05, 0) is 142 Å². The number of halogens is 2. The van der Waals surface area contributed by atoms with Crippen molar-refractivity contribution in [1.29, 1.82) is 5.26 Å². The van der Waals surface area contributed by atoms with Gasteiger partial charge in [0.05, 0.1) is 34.1 Å². The molecule has 0 spiro atoms. The van der Waals surface area contributed by atoms with Gasteiger partial charge in [0, 0.05) is 55.8 Å². The number of hydrogen-bond acceptors (Lipinski definition) is 11. The zero-order chi connectivity index (χ0) is 46.3. The Morgan fingerprint density at radius 3 is 2.15 bits per heavy atom. The number of aromatic nitrogens is 2. The first-order chi connectivity index (χ1) is 31.7. The lowest BCUT2D eigenvalue weighted by Gasteiger charge is -2.42. The molecule has 15 heteroatoms. The molecule has 0 saturated carbocycles. The lowest BCUT2D eigenvalue weighted by atomic mass is 9.78. The number of ether oxygens (including phenoxy) is 1. The monoisotopic (exact) mass is 914 g/mol. The van der Waals surface area contributed by atoms with E-state index in [1.165, 1.54) is 6.07 Å². The second-order valence-corrected chi connectivity index (χ2v) is 19.7. The normalized spacial score (nSPS) is 20.9. The summed E-state index contributed by atoms with van der Waals surface area (Å²) in [5.41, 5.74) is 3.44. The van der Waals surface area contributed by atoms with Gasteiger partial charge in [0.2, 0.25) is 17.8 Å². The Morgan fingerprint density at radius 2 is 1.48 bits per heavy atom. The maximum absolute atomic E-state index is 15.6. The number of nitrogens with zero attached hydrogens (tertiary/aromatic N) is 7. The van der Waals surface area contributed by atoms with Crippen LogP contribution in [0.5, 0.6) is 5.75 Å². The molecule has 1 aromatic heterocycles. The SMILES string of the molecule is CC(Oc1ccc(C(C)(C)c2cc(Cl)cc(C#N)c2)cc1)c1ccnc(N2CCC(CN3CCC(C4CCN(c5cc6c(cc5F)C(=O)N(C5CCC(=O)NC5=O)C6=O)CC4)CC3)CC2)n1. The maximum atomic E-state index is 15.6. The van der Waals surface area contributed by atoms with Crippen LogP contribution in [0.3, 0.4) is 0 Å². The average molecular weight is 916 g/mol. The van der Waals surface area contributed by atoms with Crippen molar-refractivity contribution < 1.29 is 28.3 Å². The van der Waals surface area contributed by atoms with Crippen LogP contribution in [0.1, 0.15) is 121 Å². The first-order valence-electron chi connectivity index (χ1n) is 23.3. The molecule has 5 aliphatic rings. The van der Waals surface area contributed by atoms with Crippen LogP contribution in [0, 0.1) is 34.9 Å². The highest BCUT2D eigenvalue weighted by Crippen LogP contribution is 2.39. The van der Waals surface area contributed by atoms with Crippen molar-refractivity contribution in [3.8, 4) is 11.8 Å². The summed E-state index contributed by atoms with van der Waals surface area (Å²) in [6.07, 6.45) is 7.98. The quantitative estimate of drug-likeness (QED) is 0.147. The Hall–Kier alpha value is -5.91. The Bertz CT molecular complexity index is 2560. The number of carbonyl (C=O) groups is 4. The number of amides is 4. The van der Waals surface area contributed by atoms with Crippen molar-refractivity contribution in [1.82, 2.24) is 25.1 Å². The first kappa shape index (κ1) is 45.3. The molecule has 4 saturated heterocycles. The molecule has 2 unspecified atom stereocenters. The van der Waals surface area contributed by atoms with Crippen LogP contribution in [0.25, 0.3) is 0 Å². The third-order valence-corrected chi connectivity index (χ3v) is 15.0. The van der Waals surface area contributed by atoms with Gasteiger partial charge in [-0.1, -0.05) is 37.6 Å². The van der Waals surface area contributed by atoms with Crippen LogP contribution >= 0.6 is 11.6 Å². The van der Waals surface area contributed by atoms with Gasteiger partial charge in [-0.3, -0.25) is 29.4 Å². The molecular formula is C51H56ClFN8O5. The molecule has 0 aliphatic carbocycles. The lowest BCUT2D eigenvalue weighted by Crippen LogP contribution is -2.54. The minimum Gasteiger partial charge on any atom is -0.484 e. The van der Waals surface area contributed by atoms with Gasteiger partial charge in [0.1, 0.15) is 23.7 Å². The number of piperidine rings is 4. The van der Waals surface area contributed by atoms with E-state index in [0.29, 0.717) is 47.1 Å². The van der Waals surface area contributed by atoms with Gasteiger partial charge in [0.15, 0.2) is 0 Å². The molecule has 3 aromatic carbocycles. The van der Waals surface area contributed by atoms with Crippen molar-refractivity contribution in [2.24, 2.45) is 17.8 Å².